The van der Waals surface area contributed by atoms with E-state index < -0.39 is 5.41 Å². The normalized spacial score (nSPS) is 13.6. The number of rotatable bonds is 7. The van der Waals surface area contributed by atoms with E-state index in [2.05, 4.69) is 24.4 Å². The van der Waals surface area contributed by atoms with E-state index in [0.717, 1.165) is 6.42 Å². The maximum Gasteiger partial charge on any atom is 0.0519 e. The molecule has 96 valence electrons. The van der Waals surface area contributed by atoms with Gasteiger partial charge in [0.05, 0.1) is 13.2 Å². The predicted octanol–water partition coefficient (Wildman–Crippen LogP) is 1.72. The highest BCUT2D eigenvalue weighted by Crippen LogP contribution is 2.19. The third-order valence-corrected chi connectivity index (χ3v) is 3.15. The molecule has 0 heterocycles. The second-order valence-electron chi connectivity index (χ2n) is 4.88. The summed E-state index contributed by atoms with van der Waals surface area (Å²) in [4.78, 5) is 0. The van der Waals surface area contributed by atoms with Crippen LogP contribution in [0.3, 0.4) is 0 Å². The van der Waals surface area contributed by atoms with E-state index in [1.54, 1.807) is 0 Å². The van der Waals surface area contributed by atoms with Crippen molar-refractivity contribution < 1.29 is 10.2 Å². The van der Waals surface area contributed by atoms with E-state index in [0.29, 0.717) is 6.54 Å². The highest BCUT2D eigenvalue weighted by Gasteiger charge is 2.23. The van der Waals surface area contributed by atoms with Crippen LogP contribution in [-0.4, -0.2) is 30.0 Å². The topological polar surface area (TPSA) is 52.5 Å². The average Bonchev–Trinajstić information content (AvgIpc) is 2.40. The van der Waals surface area contributed by atoms with Gasteiger partial charge in [0.15, 0.2) is 0 Å². The van der Waals surface area contributed by atoms with Crippen LogP contribution in [-0.2, 0) is 0 Å². The van der Waals surface area contributed by atoms with Crippen LogP contribution >= 0.6 is 0 Å². The molecule has 1 rings (SSSR count). The molecule has 17 heavy (non-hydrogen) atoms. The van der Waals surface area contributed by atoms with Gasteiger partial charge in [-0.05, 0) is 12.0 Å². The summed E-state index contributed by atoms with van der Waals surface area (Å²) < 4.78 is 0. The van der Waals surface area contributed by atoms with Gasteiger partial charge in [-0.3, -0.25) is 0 Å². The van der Waals surface area contributed by atoms with Gasteiger partial charge in [0.25, 0.3) is 0 Å². The van der Waals surface area contributed by atoms with E-state index in [1.807, 2.05) is 25.1 Å². The quantitative estimate of drug-likeness (QED) is 0.677. The summed E-state index contributed by atoms with van der Waals surface area (Å²) in [6, 6.07) is 10.5. The fourth-order valence-corrected chi connectivity index (χ4v) is 1.71. The highest BCUT2D eigenvalue weighted by molar-refractivity contribution is 5.18. The molecule has 0 amide bonds. The van der Waals surface area contributed by atoms with Crippen LogP contribution in [0.4, 0.5) is 0 Å². The molecule has 1 aromatic carbocycles. The maximum absolute atomic E-state index is 9.24. The summed E-state index contributed by atoms with van der Waals surface area (Å²) >= 11 is 0. The van der Waals surface area contributed by atoms with Gasteiger partial charge in [0.2, 0.25) is 0 Å². The third kappa shape index (κ3) is 4.11. The van der Waals surface area contributed by atoms with Crippen LogP contribution in [0.15, 0.2) is 30.3 Å². The first-order valence-electron chi connectivity index (χ1n) is 6.15. The average molecular weight is 237 g/mol. The van der Waals surface area contributed by atoms with Gasteiger partial charge in [-0.15, -0.1) is 0 Å². The molecule has 0 aliphatic carbocycles. The second kappa shape index (κ2) is 6.74. The van der Waals surface area contributed by atoms with Crippen molar-refractivity contribution in [2.24, 2.45) is 5.41 Å². The lowest BCUT2D eigenvalue weighted by Gasteiger charge is -2.28. The standard InChI is InChI=1S/C14H23NO2/c1-3-13(12-7-5-4-6-8-12)15-9-14(2,10-16)11-17/h4-8,13,15-17H,3,9-11H2,1-2H3. The minimum atomic E-state index is -0.456. The molecule has 0 aliphatic heterocycles. The summed E-state index contributed by atoms with van der Waals surface area (Å²) in [5.41, 5.74) is 0.788. The molecule has 0 aliphatic rings. The molecule has 0 saturated heterocycles. The van der Waals surface area contributed by atoms with Crippen LogP contribution in [0.25, 0.3) is 0 Å². The van der Waals surface area contributed by atoms with E-state index in [-0.39, 0.29) is 19.3 Å². The van der Waals surface area contributed by atoms with E-state index >= 15 is 0 Å². The number of nitrogens with one attached hydrogen (secondary N) is 1. The molecule has 0 spiro atoms. The van der Waals surface area contributed by atoms with E-state index in [4.69, 9.17) is 0 Å². The highest BCUT2D eigenvalue weighted by atomic mass is 16.3. The Kier molecular flexibility index (Phi) is 5.62. The SMILES string of the molecule is CCC(NCC(C)(CO)CO)c1ccccc1. The molecular formula is C14H23NO2. The molecule has 1 aromatic rings. The molecule has 1 unspecified atom stereocenters. The Labute approximate surface area is 103 Å². The fraction of sp³-hybridized carbons (Fsp3) is 0.571. The van der Waals surface area contributed by atoms with Gasteiger partial charge in [-0.2, -0.15) is 0 Å². The molecule has 3 N–H and O–H groups in total. The van der Waals surface area contributed by atoms with E-state index in [1.165, 1.54) is 5.56 Å². The summed E-state index contributed by atoms with van der Waals surface area (Å²) in [6.45, 7) is 4.58. The van der Waals surface area contributed by atoms with Gasteiger partial charge in [-0.25, -0.2) is 0 Å². The molecular weight excluding hydrogens is 214 g/mol. The summed E-state index contributed by atoms with van der Waals surface area (Å²) in [7, 11) is 0. The van der Waals surface area contributed by atoms with Crippen molar-refractivity contribution in [1.29, 1.82) is 0 Å². The Morgan fingerprint density at radius 3 is 2.24 bits per heavy atom. The largest absolute Gasteiger partial charge is 0.396 e. The first-order chi connectivity index (χ1) is 8.15. The van der Waals surface area contributed by atoms with Crippen molar-refractivity contribution in [3.05, 3.63) is 35.9 Å². The van der Waals surface area contributed by atoms with Crippen molar-refractivity contribution in [2.75, 3.05) is 19.8 Å². The van der Waals surface area contributed by atoms with Gasteiger partial charge in [-0.1, -0.05) is 44.2 Å². The lowest BCUT2D eigenvalue weighted by molar-refractivity contribution is 0.0671. The minimum absolute atomic E-state index is 0.0122. The fourth-order valence-electron chi connectivity index (χ4n) is 1.71. The zero-order valence-corrected chi connectivity index (χ0v) is 10.7. The van der Waals surface area contributed by atoms with Crippen molar-refractivity contribution in [3.8, 4) is 0 Å². The van der Waals surface area contributed by atoms with Crippen molar-refractivity contribution >= 4 is 0 Å². The molecule has 0 fully saturated rings. The van der Waals surface area contributed by atoms with Gasteiger partial charge < -0.3 is 15.5 Å². The maximum atomic E-state index is 9.24. The lowest BCUT2D eigenvalue weighted by Crippen LogP contribution is -2.39. The predicted molar refractivity (Wildman–Crippen MR) is 69.8 cm³/mol. The number of aliphatic hydroxyl groups is 2. The smallest absolute Gasteiger partial charge is 0.0519 e. The number of benzene rings is 1. The Balaban J connectivity index is 2.60. The summed E-state index contributed by atoms with van der Waals surface area (Å²) in [6.07, 6.45) is 0.983. The Hall–Kier alpha value is -0.900. The van der Waals surface area contributed by atoms with Crippen molar-refractivity contribution in [3.63, 3.8) is 0 Å². The first kappa shape index (κ1) is 14.2. The zero-order valence-electron chi connectivity index (χ0n) is 10.7. The zero-order chi connectivity index (χ0) is 12.7. The van der Waals surface area contributed by atoms with Crippen molar-refractivity contribution in [2.45, 2.75) is 26.3 Å². The number of hydrogen-bond acceptors (Lipinski definition) is 3. The van der Waals surface area contributed by atoms with Gasteiger partial charge in [0, 0.05) is 18.0 Å². The molecule has 0 bridgehead atoms. The number of hydrogen-bond donors (Lipinski definition) is 3. The third-order valence-electron chi connectivity index (χ3n) is 3.15. The molecule has 0 radical (unpaired) electrons. The van der Waals surface area contributed by atoms with E-state index in [9.17, 15) is 10.2 Å². The monoisotopic (exact) mass is 237 g/mol. The van der Waals surface area contributed by atoms with Crippen LogP contribution in [0.1, 0.15) is 31.9 Å². The molecule has 0 aromatic heterocycles. The first-order valence-corrected chi connectivity index (χ1v) is 6.15. The van der Waals surface area contributed by atoms with Crippen LogP contribution in [0.2, 0.25) is 0 Å². The van der Waals surface area contributed by atoms with Gasteiger partial charge in [0.1, 0.15) is 0 Å². The van der Waals surface area contributed by atoms with Crippen LogP contribution < -0.4 is 5.32 Å². The Bertz CT molecular complexity index is 309. The minimum Gasteiger partial charge on any atom is -0.396 e. The Morgan fingerprint density at radius 2 is 1.76 bits per heavy atom. The number of aliphatic hydroxyl groups excluding tert-OH is 2. The second-order valence-corrected chi connectivity index (χ2v) is 4.88. The molecule has 1 atom stereocenters. The van der Waals surface area contributed by atoms with Crippen LogP contribution in [0, 0.1) is 5.41 Å². The van der Waals surface area contributed by atoms with Crippen molar-refractivity contribution in [1.82, 2.24) is 5.32 Å². The summed E-state index contributed by atoms with van der Waals surface area (Å²) in [5, 5.41) is 21.9. The lowest BCUT2D eigenvalue weighted by atomic mass is 9.92. The summed E-state index contributed by atoms with van der Waals surface area (Å²) in [5.74, 6) is 0. The Morgan fingerprint density at radius 1 is 1.18 bits per heavy atom. The molecule has 0 saturated carbocycles. The molecule has 3 heteroatoms. The van der Waals surface area contributed by atoms with Crippen LogP contribution in [0.5, 0.6) is 0 Å². The van der Waals surface area contributed by atoms with Gasteiger partial charge >= 0.3 is 0 Å². The molecule has 3 nitrogen and oxygen atoms in total.